The van der Waals surface area contributed by atoms with E-state index >= 15 is 0 Å². The van der Waals surface area contributed by atoms with Crippen LogP contribution < -0.4 is 103 Å². The molecule has 616 valence electrons. The van der Waals surface area contributed by atoms with Crippen LogP contribution in [0.15, 0.2) is 54.6 Å². The molecule has 2 amide bonds. The van der Waals surface area contributed by atoms with E-state index in [0.717, 1.165) is 280 Å². The molecule has 3 aromatic carbocycles. The zero-order chi connectivity index (χ0) is 78.8. The van der Waals surface area contributed by atoms with Crippen LogP contribution in [0, 0.1) is 0 Å². The molecule has 0 atom stereocenters. The molecule has 3 aromatic rings. The Morgan fingerprint density at radius 1 is 0.280 bits per heavy atom. The second-order valence-electron chi connectivity index (χ2n) is 29.0. The minimum absolute atomic E-state index is 0.325. The normalized spacial score (nSPS) is 11.2. The lowest BCUT2D eigenvalue weighted by molar-refractivity contribution is 0.0515. The Labute approximate surface area is 647 Å². The van der Waals surface area contributed by atoms with Gasteiger partial charge >= 0.3 is 12.2 Å². The van der Waals surface area contributed by atoms with Gasteiger partial charge in [0.2, 0.25) is 0 Å². The van der Waals surface area contributed by atoms with Crippen molar-refractivity contribution >= 4 is 31.0 Å². The molecule has 0 saturated carbocycles. The summed E-state index contributed by atoms with van der Waals surface area (Å²) in [4.78, 5) is 53.9. The lowest BCUT2D eigenvalue weighted by Crippen LogP contribution is -2.34. The lowest BCUT2D eigenvalue weighted by Gasteiger charge is -2.19. The van der Waals surface area contributed by atoms with Crippen LogP contribution in [0.4, 0.5) is 9.59 Å². The van der Waals surface area contributed by atoms with Gasteiger partial charge in [-0.2, -0.15) is 0 Å². The highest BCUT2D eigenvalue weighted by molar-refractivity contribution is 5.87. The topological polar surface area (TPSA) is 402 Å². The molecule has 0 fully saturated rings. The number of carbonyl (C=O) groups is 5. The quantitative estimate of drug-likeness (QED) is 0.0213. The summed E-state index contributed by atoms with van der Waals surface area (Å²) in [5, 5.41) is 48.0. The van der Waals surface area contributed by atoms with Gasteiger partial charge in [0.25, 0.3) is 0 Å². The first kappa shape index (κ1) is 102. The molecule has 0 radical (unpaired) electrons. The van der Waals surface area contributed by atoms with E-state index < -0.39 is 11.2 Å². The number of unbranched alkanes of at least 4 members (excludes halogenated alkanes) is 5. The Morgan fingerprint density at radius 3 is 0.720 bits per heavy atom. The van der Waals surface area contributed by atoms with Crippen LogP contribution in [0.25, 0.3) is 0 Å². The fraction of sp³-hybridized carbons (Fsp3) is 0.716. The number of benzene rings is 3. The molecule has 0 aromatic heterocycles. The van der Waals surface area contributed by atoms with Crippen molar-refractivity contribution in [3.63, 3.8) is 0 Å². The van der Waals surface area contributed by atoms with E-state index in [9.17, 15) is 24.0 Å². The van der Waals surface area contributed by atoms with E-state index in [1.54, 1.807) is 0 Å². The number of nitrogens with two attached hydrogens (primary N) is 5. The molecule has 0 aliphatic rings. The van der Waals surface area contributed by atoms with Crippen molar-refractivity contribution in [2.75, 3.05) is 164 Å². The third-order valence-electron chi connectivity index (χ3n) is 16.0. The van der Waals surface area contributed by atoms with Gasteiger partial charge < -0.3 is 113 Å². The van der Waals surface area contributed by atoms with Crippen LogP contribution >= 0.6 is 0 Å². The maximum atomic E-state index is 11.7. The number of ether oxygens (including phenoxy) is 2. The maximum absolute atomic E-state index is 11.7. The summed E-state index contributed by atoms with van der Waals surface area (Å²) in [5.74, 6) is 0. The molecule has 0 bridgehead atoms. The predicted octanol–water partition coefficient (Wildman–Crippen LogP) is 6.44. The average molecular weight is 1510 g/mol. The van der Waals surface area contributed by atoms with Gasteiger partial charge in [-0.15, -0.1) is 0 Å². The largest absolute Gasteiger partial charge is 0.444 e. The Balaban J connectivity index is 0.00000156. The van der Waals surface area contributed by atoms with Crippen molar-refractivity contribution in [2.45, 2.75) is 215 Å². The first-order valence-corrected chi connectivity index (χ1v) is 40.6. The van der Waals surface area contributed by atoms with Crippen LogP contribution in [0.1, 0.15) is 228 Å². The van der Waals surface area contributed by atoms with E-state index in [2.05, 4.69) is 118 Å². The molecule has 26 nitrogen and oxygen atoms in total. The first-order valence-electron chi connectivity index (χ1n) is 40.6. The highest BCUT2D eigenvalue weighted by Gasteiger charge is 2.17. The summed E-state index contributed by atoms with van der Waals surface area (Å²) in [7, 11) is 0. The number of hydrogen-bond acceptors (Lipinski definition) is 24. The SMILES string of the molecule is CC(C)(C)OC(=O)NCCCCCCCN.CCCCNCCCNCc1cc(CNCCCNCCCN)cc(CNCCCNCCCNC(=O)OC(C)(C)C)c1.NCCCNCCCNCc1cc(CNCCCNCCCN)cc(CNCCCNCCCN)c1.O=Cc1cc(C=O)cc(C=O)c1. The van der Waals surface area contributed by atoms with E-state index in [0.29, 0.717) is 48.6 Å². The Bertz CT molecular complexity index is 2380. The number of carbonyl (C=O) groups excluding carboxylic acids is 5. The predicted molar refractivity (Wildman–Crippen MR) is 445 cm³/mol. The summed E-state index contributed by atoms with van der Waals surface area (Å²) >= 11 is 0. The molecular formula is C81H155N19O7. The molecule has 0 spiro atoms. The van der Waals surface area contributed by atoms with E-state index in [-0.39, 0.29) is 12.2 Å². The van der Waals surface area contributed by atoms with Crippen molar-refractivity contribution < 1.29 is 33.4 Å². The molecule has 107 heavy (non-hydrogen) atoms. The summed E-state index contributed by atoms with van der Waals surface area (Å²) in [6, 6.07) is 18.3. The number of alkyl carbamates (subject to hydrolysis) is 2. The van der Waals surface area contributed by atoms with Gasteiger partial charge in [0.1, 0.15) is 30.1 Å². The summed E-state index contributed by atoms with van der Waals surface area (Å²) in [5.41, 5.74) is 35.8. The van der Waals surface area contributed by atoms with E-state index in [4.69, 9.17) is 38.1 Å². The van der Waals surface area contributed by atoms with Crippen molar-refractivity contribution in [2.24, 2.45) is 28.7 Å². The zero-order valence-electron chi connectivity index (χ0n) is 67.8. The number of hydrogen-bond donors (Lipinski definition) is 19. The second-order valence-corrected chi connectivity index (χ2v) is 29.0. The summed E-state index contributed by atoms with van der Waals surface area (Å²) in [6.45, 7) is 42.1. The van der Waals surface area contributed by atoms with Crippen LogP contribution in [0.3, 0.4) is 0 Å². The van der Waals surface area contributed by atoms with Crippen molar-refractivity contribution in [3.05, 3.63) is 105 Å². The average Bonchev–Trinajstić information content (AvgIpc) is 0.885. The van der Waals surface area contributed by atoms with Gasteiger partial charge in [-0.25, -0.2) is 9.59 Å². The van der Waals surface area contributed by atoms with Crippen LogP contribution in [0.5, 0.6) is 0 Å². The highest BCUT2D eigenvalue weighted by atomic mass is 16.6. The molecule has 3 rings (SSSR count). The summed E-state index contributed by atoms with van der Waals surface area (Å²) in [6.07, 6.45) is 20.9. The minimum atomic E-state index is -0.459. The second kappa shape index (κ2) is 73.3. The van der Waals surface area contributed by atoms with Gasteiger partial charge in [0.05, 0.1) is 0 Å². The molecule has 0 aliphatic heterocycles. The number of amides is 2. The van der Waals surface area contributed by atoms with Crippen molar-refractivity contribution in [3.8, 4) is 0 Å². The van der Waals surface area contributed by atoms with E-state index in [1.165, 1.54) is 77.3 Å². The van der Waals surface area contributed by atoms with Crippen molar-refractivity contribution in [1.29, 1.82) is 0 Å². The van der Waals surface area contributed by atoms with Gasteiger partial charge in [-0.1, -0.05) is 69.0 Å². The Kier molecular flexibility index (Phi) is 69.6. The van der Waals surface area contributed by atoms with E-state index in [1.807, 2.05) is 41.5 Å². The minimum Gasteiger partial charge on any atom is -0.444 e. The van der Waals surface area contributed by atoms with Gasteiger partial charge in [-0.05, 0) is 334 Å². The third-order valence-corrected chi connectivity index (χ3v) is 16.0. The molecular weight excluding hydrogens is 1350 g/mol. The highest BCUT2D eigenvalue weighted by Crippen LogP contribution is 2.14. The molecule has 24 N–H and O–H groups in total. The Hall–Kier alpha value is -5.47. The number of rotatable bonds is 65. The Morgan fingerprint density at radius 2 is 0.486 bits per heavy atom. The molecule has 26 heteroatoms. The standard InChI is InChI=1S/C33H66N8O2.C27H57N9.C12H26N2O2.C9H6O3/c1-5-6-13-35-15-8-19-38-26-29-23-30(27-39-20-9-16-36-14-7-12-34)25-31(24-29)28-40-21-10-17-37-18-11-22-41-32(42)43-33(2,3)4;28-7-1-10-31-13-4-16-34-22-25-19-26(23-35-17-5-14-32-11-2-8-29)21-27(20-25)24-36-18-6-15-33-12-3-9-30;1-12(2,3)16-11(15)14-10-8-6-4-5-7-9-13;10-4-7-1-8(5-11)3-9(2-7)6-12/h23-25,35-40H,5-22,26-28,34H2,1-4H3,(H,41,42);19-21,31-36H,1-18,22-24,28-30H2;4-10,13H2,1-3H3,(H,14,15);1-6H. The van der Waals surface area contributed by atoms with Gasteiger partial charge in [-0.3, -0.25) is 14.4 Å². The molecule has 0 unspecified atom stereocenters. The number of nitrogens with one attached hydrogen (secondary N) is 14. The fourth-order valence-corrected chi connectivity index (χ4v) is 10.6. The van der Waals surface area contributed by atoms with Crippen LogP contribution in [0.2, 0.25) is 0 Å². The zero-order valence-corrected chi connectivity index (χ0v) is 67.8. The van der Waals surface area contributed by atoms with Gasteiger partial charge in [0.15, 0.2) is 0 Å². The smallest absolute Gasteiger partial charge is 0.407 e. The lowest BCUT2D eigenvalue weighted by atomic mass is 10.0. The monoisotopic (exact) mass is 1510 g/mol. The maximum Gasteiger partial charge on any atom is 0.407 e. The number of aldehydes is 3. The third kappa shape index (κ3) is 69.5. The van der Waals surface area contributed by atoms with Gasteiger partial charge in [0, 0.05) is 69.0 Å². The van der Waals surface area contributed by atoms with Crippen LogP contribution in [-0.4, -0.2) is 206 Å². The molecule has 0 heterocycles. The summed E-state index contributed by atoms with van der Waals surface area (Å²) < 4.78 is 10.4. The fourth-order valence-electron chi connectivity index (χ4n) is 10.6. The van der Waals surface area contributed by atoms with Crippen molar-refractivity contribution in [1.82, 2.24) is 74.4 Å². The van der Waals surface area contributed by atoms with Crippen LogP contribution in [-0.2, 0) is 48.7 Å². The molecule has 0 aliphatic carbocycles. The molecule has 0 saturated heterocycles. The first-order chi connectivity index (χ1) is 51.9.